The van der Waals surface area contributed by atoms with E-state index in [4.69, 9.17) is 21.1 Å². The normalized spacial score (nSPS) is 10.5. The second-order valence-electron chi connectivity index (χ2n) is 4.01. The van der Waals surface area contributed by atoms with Crippen molar-refractivity contribution in [1.82, 2.24) is 0 Å². The maximum atomic E-state index is 13.5. The molecule has 4 nitrogen and oxygen atoms in total. The van der Waals surface area contributed by atoms with Gasteiger partial charge in [0.05, 0.1) is 12.2 Å². The second-order valence-corrected chi connectivity index (χ2v) is 4.44. The molecule has 6 heteroatoms. The molecule has 1 heterocycles. The lowest BCUT2D eigenvalue weighted by molar-refractivity contribution is 0.0659. The van der Waals surface area contributed by atoms with Gasteiger partial charge in [-0.05, 0) is 31.2 Å². The van der Waals surface area contributed by atoms with Gasteiger partial charge in [0.1, 0.15) is 11.6 Å². The SMILES string of the molecule is Cc1cc(CNc2ccc(Cl)cc2F)oc1C(=O)O. The zero-order valence-corrected chi connectivity index (χ0v) is 10.8. The molecule has 0 saturated carbocycles. The van der Waals surface area contributed by atoms with Crippen molar-refractivity contribution < 1.29 is 18.7 Å². The summed E-state index contributed by atoms with van der Waals surface area (Å²) >= 11 is 5.64. The number of hydrogen-bond donors (Lipinski definition) is 2. The quantitative estimate of drug-likeness (QED) is 0.898. The number of hydrogen-bond acceptors (Lipinski definition) is 3. The van der Waals surface area contributed by atoms with Gasteiger partial charge >= 0.3 is 5.97 Å². The predicted molar refractivity (Wildman–Crippen MR) is 69.1 cm³/mol. The smallest absolute Gasteiger partial charge is 0.372 e. The van der Waals surface area contributed by atoms with E-state index in [1.807, 2.05) is 0 Å². The van der Waals surface area contributed by atoms with Gasteiger partial charge in [0.2, 0.25) is 5.76 Å². The van der Waals surface area contributed by atoms with Crippen molar-refractivity contribution in [2.45, 2.75) is 13.5 Å². The Labute approximate surface area is 113 Å². The third-order valence-corrected chi connectivity index (χ3v) is 2.78. The van der Waals surface area contributed by atoms with E-state index in [0.717, 1.165) is 0 Å². The van der Waals surface area contributed by atoms with Gasteiger partial charge < -0.3 is 14.8 Å². The zero-order chi connectivity index (χ0) is 14.0. The maximum absolute atomic E-state index is 13.5. The largest absolute Gasteiger partial charge is 0.475 e. The predicted octanol–water partition coefficient (Wildman–Crippen LogP) is 3.69. The number of furan rings is 1. The van der Waals surface area contributed by atoms with Crippen molar-refractivity contribution >= 4 is 23.3 Å². The van der Waals surface area contributed by atoms with Crippen LogP contribution in [0.15, 0.2) is 28.7 Å². The standard InChI is InChI=1S/C13H11ClFNO3/c1-7-4-9(19-12(7)13(17)18)6-16-11-3-2-8(14)5-10(11)15/h2-5,16H,6H2,1H3,(H,17,18). The minimum atomic E-state index is -1.12. The molecule has 0 spiro atoms. The average Bonchev–Trinajstić information content (AvgIpc) is 2.69. The molecule has 0 amide bonds. The van der Waals surface area contributed by atoms with Crippen LogP contribution in [0.4, 0.5) is 10.1 Å². The summed E-state index contributed by atoms with van der Waals surface area (Å²) in [5, 5.41) is 12.0. The lowest BCUT2D eigenvalue weighted by atomic mass is 10.2. The summed E-state index contributed by atoms with van der Waals surface area (Å²) in [7, 11) is 0. The molecule has 0 atom stereocenters. The summed E-state index contributed by atoms with van der Waals surface area (Å²) < 4.78 is 18.6. The third kappa shape index (κ3) is 3.06. The lowest BCUT2D eigenvalue weighted by Crippen LogP contribution is -2.00. The van der Waals surface area contributed by atoms with Gasteiger partial charge in [-0.15, -0.1) is 0 Å². The molecule has 0 aliphatic heterocycles. The van der Waals surface area contributed by atoms with Crippen molar-refractivity contribution in [3.05, 3.63) is 52.2 Å². The Hall–Kier alpha value is -2.01. The lowest BCUT2D eigenvalue weighted by Gasteiger charge is -2.05. The van der Waals surface area contributed by atoms with E-state index in [9.17, 15) is 9.18 Å². The molecule has 1 aromatic heterocycles. The van der Waals surface area contributed by atoms with Gasteiger partial charge in [-0.2, -0.15) is 0 Å². The molecule has 0 aliphatic carbocycles. The minimum Gasteiger partial charge on any atom is -0.475 e. The van der Waals surface area contributed by atoms with Crippen LogP contribution in [0, 0.1) is 12.7 Å². The number of nitrogens with one attached hydrogen (secondary N) is 1. The molecule has 1 aromatic carbocycles. The molecule has 0 saturated heterocycles. The molecular weight excluding hydrogens is 273 g/mol. The van der Waals surface area contributed by atoms with Crippen LogP contribution in [0.3, 0.4) is 0 Å². The molecule has 19 heavy (non-hydrogen) atoms. The van der Waals surface area contributed by atoms with Gasteiger partial charge in [0.25, 0.3) is 0 Å². The summed E-state index contributed by atoms with van der Waals surface area (Å²) in [6, 6.07) is 5.86. The first-order valence-corrected chi connectivity index (χ1v) is 5.86. The fourth-order valence-electron chi connectivity index (χ4n) is 1.66. The number of carbonyl (C=O) groups is 1. The van der Waals surface area contributed by atoms with Crippen LogP contribution < -0.4 is 5.32 Å². The number of anilines is 1. The topological polar surface area (TPSA) is 62.5 Å². The Bertz CT molecular complexity index is 624. The molecule has 0 unspecified atom stereocenters. The summed E-state index contributed by atoms with van der Waals surface area (Å²) in [6.07, 6.45) is 0. The van der Waals surface area contributed by atoms with E-state index in [0.29, 0.717) is 16.3 Å². The maximum Gasteiger partial charge on any atom is 0.372 e. The highest BCUT2D eigenvalue weighted by Crippen LogP contribution is 2.21. The molecule has 0 bridgehead atoms. The average molecular weight is 284 g/mol. The summed E-state index contributed by atoms with van der Waals surface area (Å²) in [6.45, 7) is 1.83. The van der Waals surface area contributed by atoms with Crippen LogP contribution in [0.25, 0.3) is 0 Å². The number of carboxylic acids is 1. The Morgan fingerprint density at radius 1 is 1.47 bits per heavy atom. The van der Waals surface area contributed by atoms with Crippen LogP contribution >= 0.6 is 11.6 Å². The van der Waals surface area contributed by atoms with Crippen molar-refractivity contribution in [2.75, 3.05) is 5.32 Å². The molecule has 0 radical (unpaired) electrons. The van der Waals surface area contributed by atoms with Gasteiger partial charge in [-0.3, -0.25) is 0 Å². The van der Waals surface area contributed by atoms with Crippen molar-refractivity contribution in [3.8, 4) is 0 Å². The van der Waals surface area contributed by atoms with Crippen LogP contribution in [0.2, 0.25) is 5.02 Å². The summed E-state index contributed by atoms with van der Waals surface area (Å²) in [4.78, 5) is 10.8. The number of rotatable bonds is 4. The first kappa shape index (κ1) is 13.4. The second kappa shape index (κ2) is 5.32. The van der Waals surface area contributed by atoms with Crippen LogP contribution in [-0.4, -0.2) is 11.1 Å². The van der Waals surface area contributed by atoms with E-state index in [1.54, 1.807) is 19.1 Å². The van der Waals surface area contributed by atoms with Gasteiger partial charge in [-0.25, -0.2) is 9.18 Å². The first-order valence-electron chi connectivity index (χ1n) is 5.49. The Morgan fingerprint density at radius 3 is 2.79 bits per heavy atom. The Kier molecular flexibility index (Phi) is 3.76. The molecule has 2 rings (SSSR count). The van der Waals surface area contributed by atoms with E-state index < -0.39 is 11.8 Å². The van der Waals surface area contributed by atoms with Crippen molar-refractivity contribution in [3.63, 3.8) is 0 Å². The van der Waals surface area contributed by atoms with Gasteiger partial charge in [-0.1, -0.05) is 11.6 Å². The van der Waals surface area contributed by atoms with E-state index in [2.05, 4.69) is 5.32 Å². The molecule has 100 valence electrons. The summed E-state index contributed by atoms with van der Waals surface area (Å²) in [5.74, 6) is -1.28. The van der Waals surface area contributed by atoms with Gasteiger partial charge in [0, 0.05) is 10.6 Å². The van der Waals surface area contributed by atoms with Crippen LogP contribution in [0.5, 0.6) is 0 Å². The van der Waals surface area contributed by atoms with Crippen molar-refractivity contribution in [1.29, 1.82) is 0 Å². The number of aryl methyl sites for hydroxylation is 1. The number of halogens is 2. The fourth-order valence-corrected chi connectivity index (χ4v) is 1.82. The number of aromatic carboxylic acids is 1. The zero-order valence-electron chi connectivity index (χ0n) is 10.0. The summed E-state index contributed by atoms with van der Waals surface area (Å²) in [5.41, 5.74) is 0.802. The van der Waals surface area contributed by atoms with Crippen molar-refractivity contribution in [2.24, 2.45) is 0 Å². The first-order chi connectivity index (χ1) is 8.97. The highest BCUT2D eigenvalue weighted by atomic mass is 35.5. The van der Waals surface area contributed by atoms with Crippen LogP contribution in [-0.2, 0) is 6.54 Å². The number of benzene rings is 1. The minimum absolute atomic E-state index is 0.103. The molecule has 2 N–H and O–H groups in total. The Morgan fingerprint density at radius 2 is 2.21 bits per heavy atom. The van der Waals surface area contributed by atoms with E-state index in [1.165, 1.54) is 12.1 Å². The molecule has 2 aromatic rings. The number of carboxylic acid groups (broad SMARTS) is 1. The van der Waals surface area contributed by atoms with Gasteiger partial charge in [0.15, 0.2) is 0 Å². The molecule has 0 fully saturated rings. The third-order valence-electron chi connectivity index (χ3n) is 2.55. The van der Waals surface area contributed by atoms with E-state index >= 15 is 0 Å². The highest BCUT2D eigenvalue weighted by Gasteiger charge is 2.14. The fraction of sp³-hybridized carbons (Fsp3) is 0.154. The Balaban J connectivity index is 2.10. The highest BCUT2D eigenvalue weighted by molar-refractivity contribution is 6.30. The van der Waals surface area contributed by atoms with E-state index in [-0.39, 0.29) is 18.0 Å². The van der Waals surface area contributed by atoms with Crippen LogP contribution in [0.1, 0.15) is 21.9 Å². The molecule has 0 aliphatic rings. The monoisotopic (exact) mass is 283 g/mol. The molecular formula is C13H11ClFNO3.